The van der Waals surface area contributed by atoms with Gasteiger partial charge >= 0.3 is 0 Å². The van der Waals surface area contributed by atoms with Crippen LogP contribution in [0.4, 0.5) is 23.1 Å². The Morgan fingerprint density at radius 3 is 2.51 bits per heavy atom. The number of anilines is 4. The lowest BCUT2D eigenvalue weighted by Crippen LogP contribution is -2.51. The van der Waals surface area contributed by atoms with Crippen molar-refractivity contribution in [3.8, 4) is 11.4 Å². The topological polar surface area (TPSA) is 218 Å². The number of nitrogens with one attached hydrogen (secondary N) is 3. The van der Waals surface area contributed by atoms with E-state index < -0.39 is 27.9 Å². The zero-order valence-electron chi connectivity index (χ0n) is 37.8. The molecule has 0 spiro atoms. The third kappa shape index (κ3) is 9.11. The molecule has 1 atom stereocenters. The maximum Gasteiger partial charge on any atom is 0.262 e. The monoisotopic (exact) mass is 932 g/mol. The van der Waals surface area contributed by atoms with E-state index in [1.165, 1.54) is 12.4 Å². The van der Waals surface area contributed by atoms with E-state index in [0.717, 1.165) is 96.7 Å². The first-order valence-corrected chi connectivity index (χ1v) is 24.7. The predicted molar refractivity (Wildman–Crippen MR) is 252 cm³/mol. The van der Waals surface area contributed by atoms with Gasteiger partial charge in [-0.1, -0.05) is 6.58 Å². The van der Waals surface area contributed by atoms with E-state index in [-0.39, 0.29) is 17.2 Å². The standard InChI is InChI=1S/C46H56N14O6S/c1-29(2)60-39-22-41(52-40-11-13-48-42(53-40)32-24-50-58(28-32)67(64,65)34-7-8-34)49-25-37(39)43(54-60)57-26-31(27-57)23-47-12-4-19-66-20-18-55-14-16-56(17-15-55)33-6-9-35-36(21-33)46(63)59(45(35)62)38-10-5-30(3)51-44(38)61/h6,9,11,13,21-22,24-25,28-29,31,34,38,47H,3-5,7-8,10,12,14-20,23,26-27H2,1-2H3,(H,51,61)(H,48,49,52,53). The lowest BCUT2D eigenvalue weighted by molar-refractivity contribution is -0.125. The molecular weight excluding hydrogens is 877 g/mol. The molecule has 1 saturated carbocycles. The van der Waals surface area contributed by atoms with Crippen LogP contribution in [-0.4, -0.2) is 153 Å². The number of piperazine rings is 1. The van der Waals surface area contributed by atoms with Gasteiger partial charge in [-0.15, -0.1) is 0 Å². The summed E-state index contributed by atoms with van der Waals surface area (Å²) in [7, 11) is -3.49. The Kier molecular flexibility index (Phi) is 12.2. The molecule has 3 saturated heterocycles. The maximum absolute atomic E-state index is 13.4. The zero-order chi connectivity index (χ0) is 46.4. The Bertz CT molecular complexity index is 2830. The van der Waals surface area contributed by atoms with Gasteiger partial charge < -0.3 is 30.5 Å². The summed E-state index contributed by atoms with van der Waals surface area (Å²) in [6, 6.07) is 8.45. The number of fused-ring (bicyclic) bond motifs is 2. The Morgan fingerprint density at radius 1 is 0.925 bits per heavy atom. The number of carbonyl (C=O) groups excluding carboxylic acids is 3. The Balaban J connectivity index is 0.629. The van der Waals surface area contributed by atoms with Gasteiger partial charge in [-0.25, -0.2) is 23.4 Å². The van der Waals surface area contributed by atoms with E-state index in [1.54, 1.807) is 24.4 Å². The first-order chi connectivity index (χ1) is 32.4. The highest BCUT2D eigenvalue weighted by atomic mass is 32.2. The number of hydrogen-bond acceptors (Lipinski definition) is 16. The number of ether oxygens (including phenoxy) is 1. The minimum atomic E-state index is -3.49. The molecule has 4 aliphatic heterocycles. The van der Waals surface area contributed by atoms with Crippen LogP contribution in [0.3, 0.4) is 0 Å². The molecule has 4 aromatic heterocycles. The molecule has 3 amide bonds. The van der Waals surface area contributed by atoms with Crippen LogP contribution < -0.4 is 25.8 Å². The summed E-state index contributed by atoms with van der Waals surface area (Å²) in [4.78, 5) is 60.8. The molecule has 21 heteroatoms. The van der Waals surface area contributed by atoms with Gasteiger partial charge in [0.05, 0.1) is 51.8 Å². The summed E-state index contributed by atoms with van der Waals surface area (Å²) in [6.45, 7) is 17.2. The largest absolute Gasteiger partial charge is 0.380 e. The molecule has 5 aromatic rings. The third-order valence-corrected chi connectivity index (χ3v) is 15.2. The highest BCUT2D eigenvalue weighted by Crippen LogP contribution is 2.35. The number of amides is 3. The highest BCUT2D eigenvalue weighted by molar-refractivity contribution is 7.90. The minimum absolute atomic E-state index is 0.131. The summed E-state index contributed by atoms with van der Waals surface area (Å²) in [5.74, 6) is 1.74. The van der Waals surface area contributed by atoms with E-state index in [9.17, 15) is 22.8 Å². The third-order valence-electron chi connectivity index (χ3n) is 13.2. The molecule has 1 aromatic carbocycles. The van der Waals surface area contributed by atoms with Crippen molar-refractivity contribution in [3.05, 3.63) is 78.5 Å². The van der Waals surface area contributed by atoms with Crippen LogP contribution >= 0.6 is 0 Å². The number of carbonyl (C=O) groups is 3. The lowest BCUT2D eigenvalue weighted by atomic mass is 10.00. The number of hydrogen-bond donors (Lipinski definition) is 3. The first-order valence-electron chi connectivity index (χ1n) is 23.2. The number of benzene rings is 1. The number of allylic oxidation sites excluding steroid dienone is 1. The van der Waals surface area contributed by atoms with Crippen molar-refractivity contribution < 1.29 is 27.5 Å². The van der Waals surface area contributed by atoms with E-state index in [2.05, 4.69) is 66.1 Å². The predicted octanol–water partition coefficient (Wildman–Crippen LogP) is 3.39. The number of aromatic nitrogens is 7. The van der Waals surface area contributed by atoms with Gasteiger partial charge in [0.2, 0.25) is 5.91 Å². The highest BCUT2D eigenvalue weighted by Gasteiger charge is 2.44. The molecule has 4 fully saturated rings. The van der Waals surface area contributed by atoms with Crippen molar-refractivity contribution in [2.24, 2.45) is 5.92 Å². The van der Waals surface area contributed by atoms with Crippen molar-refractivity contribution in [2.75, 3.05) is 87.2 Å². The average molecular weight is 933 g/mol. The minimum Gasteiger partial charge on any atom is -0.380 e. The lowest BCUT2D eigenvalue weighted by Gasteiger charge is -2.39. The fraction of sp³-hybridized carbons (Fsp3) is 0.478. The normalized spacial score (nSPS) is 19.4. The molecule has 352 valence electrons. The van der Waals surface area contributed by atoms with Gasteiger partial charge in [0.25, 0.3) is 21.8 Å². The van der Waals surface area contributed by atoms with Crippen molar-refractivity contribution in [3.63, 3.8) is 0 Å². The van der Waals surface area contributed by atoms with Gasteiger partial charge in [0.15, 0.2) is 11.6 Å². The molecular formula is C46H56N14O6S. The Morgan fingerprint density at radius 2 is 1.73 bits per heavy atom. The quantitative estimate of drug-likeness (QED) is 0.0848. The van der Waals surface area contributed by atoms with Crippen LogP contribution in [0.25, 0.3) is 22.3 Å². The smallest absolute Gasteiger partial charge is 0.262 e. The molecule has 8 heterocycles. The molecule has 1 unspecified atom stereocenters. The molecule has 0 radical (unpaired) electrons. The number of imide groups is 1. The first kappa shape index (κ1) is 44.5. The van der Waals surface area contributed by atoms with Gasteiger partial charge in [0, 0.05) is 101 Å². The molecule has 1 aliphatic carbocycles. The van der Waals surface area contributed by atoms with E-state index in [0.29, 0.717) is 84.7 Å². The molecule has 3 N–H and O–H groups in total. The average Bonchev–Trinajstić information content (AvgIpc) is 3.86. The van der Waals surface area contributed by atoms with Crippen LogP contribution in [0.5, 0.6) is 0 Å². The second-order valence-corrected chi connectivity index (χ2v) is 20.4. The molecule has 5 aliphatic rings. The molecule has 20 nitrogen and oxygen atoms in total. The molecule has 0 bridgehead atoms. The molecule has 10 rings (SSSR count). The summed E-state index contributed by atoms with van der Waals surface area (Å²) in [5.41, 5.74) is 3.70. The number of rotatable bonds is 18. The van der Waals surface area contributed by atoms with Gasteiger partial charge in [-0.3, -0.25) is 28.9 Å². The Labute approximate surface area is 388 Å². The van der Waals surface area contributed by atoms with Crippen molar-refractivity contribution in [2.45, 2.75) is 63.3 Å². The van der Waals surface area contributed by atoms with Crippen LogP contribution in [0.15, 0.2) is 67.4 Å². The van der Waals surface area contributed by atoms with Crippen LogP contribution in [0.1, 0.15) is 72.7 Å². The van der Waals surface area contributed by atoms with E-state index >= 15 is 0 Å². The van der Waals surface area contributed by atoms with Crippen LogP contribution in [-0.2, 0) is 19.6 Å². The van der Waals surface area contributed by atoms with Crippen LogP contribution in [0.2, 0.25) is 0 Å². The van der Waals surface area contributed by atoms with E-state index in [1.807, 2.05) is 23.0 Å². The van der Waals surface area contributed by atoms with Gasteiger partial charge in [-0.2, -0.15) is 14.3 Å². The van der Waals surface area contributed by atoms with Crippen molar-refractivity contribution in [1.29, 1.82) is 0 Å². The van der Waals surface area contributed by atoms with Crippen molar-refractivity contribution >= 4 is 61.8 Å². The SMILES string of the molecule is C=C1CCC(N2C(=O)c3ccc(N4CCN(CCOCCCNCC5CN(c6nn(C(C)C)c7cc(Nc8ccnc(-c9cnn(S(=O)(=O)C%10CC%10)c9)n8)ncc67)C5)CC4)cc3C2=O)C(=O)N1. The summed E-state index contributed by atoms with van der Waals surface area (Å²) in [5, 5.41) is 19.3. The van der Waals surface area contributed by atoms with Gasteiger partial charge in [0.1, 0.15) is 17.7 Å². The number of pyridine rings is 1. The van der Waals surface area contributed by atoms with Crippen molar-refractivity contribution in [1.82, 2.24) is 54.4 Å². The maximum atomic E-state index is 13.4. The summed E-state index contributed by atoms with van der Waals surface area (Å²) >= 11 is 0. The fourth-order valence-electron chi connectivity index (χ4n) is 9.23. The molecule has 67 heavy (non-hydrogen) atoms. The second-order valence-electron chi connectivity index (χ2n) is 18.3. The van der Waals surface area contributed by atoms with Crippen LogP contribution in [0, 0.1) is 5.92 Å². The van der Waals surface area contributed by atoms with E-state index in [4.69, 9.17) is 14.8 Å². The number of nitrogens with zero attached hydrogens (tertiary/aromatic N) is 11. The fourth-order valence-corrected chi connectivity index (χ4v) is 10.7. The zero-order valence-corrected chi connectivity index (χ0v) is 38.6. The Hall–Kier alpha value is -6.29. The second kappa shape index (κ2) is 18.4. The summed E-state index contributed by atoms with van der Waals surface area (Å²) in [6.07, 6.45) is 9.57. The number of piperidine rings is 1. The van der Waals surface area contributed by atoms with Gasteiger partial charge in [-0.05, 0) is 76.8 Å². The summed E-state index contributed by atoms with van der Waals surface area (Å²) < 4.78 is 34.3.